The van der Waals surface area contributed by atoms with Gasteiger partial charge in [0.1, 0.15) is 17.3 Å². The minimum atomic E-state index is -3.04. The van der Waals surface area contributed by atoms with Crippen LogP contribution in [-0.2, 0) is 17.9 Å². The first-order valence-corrected chi connectivity index (χ1v) is 17.5. The van der Waals surface area contributed by atoms with E-state index in [0.717, 1.165) is 71.4 Å². The molecule has 1 saturated heterocycles. The fourth-order valence-electron chi connectivity index (χ4n) is 7.19. The van der Waals surface area contributed by atoms with Crippen LogP contribution in [-0.4, -0.2) is 84.2 Å². The number of likely N-dealkylation sites (tertiary alicyclic amines) is 1. The van der Waals surface area contributed by atoms with E-state index in [0.29, 0.717) is 35.5 Å². The summed E-state index contributed by atoms with van der Waals surface area (Å²) in [5.74, 6) is -0.604. The number of carbonyl (C=O) groups is 1. The van der Waals surface area contributed by atoms with Crippen molar-refractivity contribution in [3.63, 3.8) is 0 Å². The standard InChI is InChI=1S/C41H46F2N4O4/c1-26-31(29-17-15-28(16-18-29)24-46(5)20-9-19-45(3)4)10-6-11-32(26)33-12-7-13-34(27(33)2)39-44-35-22-30(25-47-21-8-14-36(47)40(48)49)37(51-41(42)43)23-38(35)50-39/h6-7,10-13,15-18,22-23,36,41H,8-9,14,19-21,24-25H2,1-5H3,(H,48,49)/t36-/m0/s1. The third kappa shape index (κ3) is 8.30. The molecule has 1 atom stereocenters. The van der Waals surface area contributed by atoms with Gasteiger partial charge >= 0.3 is 12.6 Å². The minimum absolute atomic E-state index is 0.0470. The lowest BCUT2D eigenvalue weighted by Gasteiger charge is -2.22. The number of hydrogen-bond acceptors (Lipinski definition) is 7. The second kappa shape index (κ2) is 15.7. The first kappa shape index (κ1) is 36.2. The molecule has 1 aliphatic heterocycles. The van der Waals surface area contributed by atoms with Crippen molar-refractivity contribution in [3.05, 3.63) is 95.1 Å². The Balaban J connectivity index is 1.27. The lowest BCUT2D eigenvalue weighted by atomic mass is 9.89. The fraction of sp³-hybridized carbons (Fsp3) is 0.366. The van der Waals surface area contributed by atoms with E-state index in [1.54, 1.807) is 11.0 Å². The van der Waals surface area contributed by atoms with Gasteiger partial charge < -0.3 is 24.1 Å². The Morgan fingerprint density at radius 1 is 0.961 bits per heavy atom. The average molecular weight is 697 g/mol. The van der Waals surface area contributed by atoms with Crippen LogP contribution in [0.5, 0.6) is 5.75 Å². The number of rotatable bonds is 14. The second-order valence-electron chi connectivity index (χ2n) is 13.8. The van der Waals surface area contributed by atoms with Gasteiger partial charge in [0.25, 0.3) is 0 Å². The normalized spacial score (nSPS) is 15.1. The zero-order valence-corrected chi connectivity index (χ0v) is 30.0. The quantitative estimate of drug-likeness (QED) is 0.124. The molecule has 6 rings (SSSR count). The molecule has 4 aromatic carbocycles. The Morgan fingerprint density at radius 3 is 2.29 bits per heavy atom. The van der Waals surface area contributed by atoms with Crippen LogP contribution in [0.4, 0.5) is 8.78 Å². The largest absolute Gasteiger partial charge is 0.480 e. The van der Waals surface area contributed by atoms with Gasteiger partial charge in [-0.05, 0) is 125 Å². The Labute approximate surface area is 298 Å². The zero-order valence-electron chi connectivity index (χ0n) is 30.0. The van der Waals surface area contributed by atoms with Gasteiger partial charge in [-0.15, -0.1) is 0 Å². The van der Waals surface area contributed by atoms with Crippen LogP contribution < -0.4 is 4.74 Å². The molecular weight excluding hydrogens is 650 g/mol. The van der Waals surface area contributed by atoms with Crippen LogP contribution in [0, 0.1) is 13.8 Å². The highest BCUT2D eigenvalue weighted by molar-refractivity contribution is 5.85. The third-order valence-electron chi connectivity index (χ3n) is 9.86. The van der Waals surface area contributed by atoms with Gasteiger partial charge in [0.05, 0.1) is 0 Å². The van der Waals surface area contributed by atoms with Crippen molar-refractivity contribution in [1.82, 2.24) is 19.7 Å². The smallest absolute Gasteiger partial charge is 0.387 e. The first-order chi connectivity index (χ1) is 24.5. The fourth-order valence-corrected chi connectivity index (χ4v) is 7.19. The third-order valence-corrected chi connectivity index (χ3v) is 9.86. The summed E-state index contributed by atoms with van der Waals surface area (Å²) in [7, 11) is 6.37. The van der Waals surface area contributed by atoms with E-state index < -0.39 is 18.6 Å². The first-order valence-electron chi connectivity index (χ1n) is 17.5. The summed E-state index contributed by atoms with van der Waals surface area (Å²) in [6.45, 7) is 4.87. The van der Waals surface area contributed by atoms with Crippen molar-refractivity contribution in [3.8, 4) is 39.5 Å². The summed E-state index contributed by atoms with van der Waals surface area (Å²) in [6, 6.07) is 23.6. The summed E-state index contributed by atoms with van der Waals surface area (Å²) in [5.41, 5.74) is 9.89. The monoisotopic (exact) mass is 696 g/mol. The van der Waals surface area contributed by atoms with E-state index in [1.165, 1.54) is 11.6 Å². The molecular formula is C41H46F2N4O4. The maximum atomic E-state index is 13.5. The molecule has 0 amide bonds. The maximum absolute atomic E-state index is 13.5. The lowest BCUT2D eigenvalue weighted by Crippen LogP contribution is -2.35. The maximum Gasteiger partial charge on any atom is 0.387 e. The van der Waals surface area contributed by atoms with Crippen LogP contribution in [0.1, 0.15) is 41.5 Å². The zero-order chi connectivity index (χ0) is 36.2. The molecule has 1 fully saturated rings. The Morgan fingerprint density at radius 2 is 1.63 bits per heavy atom. The Hall–Kier alpha value is -4.64. The van der Waals surface area contributed by atoms with Crippen molar-refractivity contribution in [1.29, 1.82) is 0 Å². The van der Waals surface area contributed by atoms with Gasteiger partial charge in [-0.1, -0.05) is 54.6 Å². The van der Waals surface area contributed by atoms with Crippen molar-refractivity contribution in [2.24, 2.45) is 0 Å². The molecule has 5 aromatic rings. The summed E-state index contributed by atoms with van der Waals surface area (Å²) in [5, 5.41) is 9.65. The van der Waals surface area contributed by atoms with Crippen molar-refractivity contribution in [2.75, 3.05) is 40.8 Å². The molecule has 0 saturated carbocycles. The Kier molecular flexibility index (Phi) is 11.1. The molecule has 0 unspecified atom stereocenters. The van der Waals surface area contributed by atoms with E-state index in [2.05, 4.69) is 86.4 Å². The number of alkyl halides is 2. The number of carboxylic acids is 1. The van der Waals surface area contributed by atoms with Gasteiger partial charge in [-0.2, -0.15) is 8.78 Å². The van der Waals surface area contributed by atoms with E-state index in [4.69, 9.17) is 14.1 Å². The minimum Gasteiger partial charge on any atom is -0.480 e. The van der Waals surface area contributed by atoms with Crippen molar-refractivity contribution in [2.45, 2.75) is 58.9 Å². The van der Waals surface area contributed by atoms with Gasteiger partial charge in [0, 0.05) is 30.3 Å². The van der Waals surface area contributed by atoms with Crippen LogP contribution in [0.15, 0.2) is 77.2 Å². The number of aromatic nitrogens is 1. The summed E-state index contributed by atoms with van der Waals surface area (Å²) >= 11 is 0. The predicted molar refractivity (Wildman–Crippen MR) is 197 cm³/mol. The molecule has 0 spiro atoms. The number of nitrogens with zero attached hydrogens (tertiary/aromatic N) is 4. The number of fused-ring (bicyclic) bond motifs is 1. The van der Waals surface area contributed by atoms with Crippen molar-refractivity contribution < 1.29 is 27.8 Å². The topological polar surface area (TPSA) is 82.3 Å². The number of carboxylic acid groups (broad SMARTS) is 1. The van der Waals surface area contributed by atoms with E-state index >= 15 is 0 Å². The number of oxazole rings is 1. The summed E-state index contributed by atoms with van der Waals surface area (Å²) in [6.07, 6.45) is 2.36. The second-order valence-corrected chi connectivity index (χ2v) is 13.8. The molecule has 8 nitrogen and oxygen atoms in total. The molecule has 1 aliphatic rings. The molecule has 0 bridgehead atoms. The highest BCUT2D eigenvalue weighted by Crippen LogP contribution is 2.38. The average Bonchev–Trinajstić information content (AvgIpc) is 3.72. The van der Waals surface area contributed by atoms with Crippen molar-refractivity contribution >= 4 is 17.1 Å². The number of ether oxygens (including phenoxy) is 1. The Bertz CT molecular complexity index is 1990. The molecule has 51 heavy (non-hydrogen) atoms. The molecule has 10 heteroatoms. The van der Waals surface area contributed by atoms with Gasteiger partial charge in [0.15, 0.2) is 5.58 Å². The van der Waals surface area contributed by atoms with Gasteiger partial charge in [-0.25, -0.2) is 4.98 Å². The number of halogens is 2. The van der Waals surface area contributed by atoms with Crippen LogP contribution in [0.25, 0.3) is 44.8 Å². The lowest BCUT2D eigenvalue weighted by molar-refractivity contribution is -0.142. The van der Waals surface area contributed by atoms with Gasteiger partial charge in [-0.3, -0.25) is 9.69 Å². The van der Waals surface area contributed by atoms with E-state index in [1.807, 2.05) is 19.1 Å². The van der Waals surface area contributed by atoms with Gasteiger partial charge in [0.2, 0.25) is 5.89 Å². The van der Waals surface area contributed by atoms with Crippen LogP contribution >= 0.6 is 0 Å². The molecule has 0 aliphatic carbocycles. The number of benzene rings is 4. The highest BCUT2D eigenvalue weighted by atomic mass is 19.3. The highest BCUT2D eigenvalue weighted by Gasteiger charge is 2.31. The summed E-state index contributed by atoms with van der Waals surface area (Å²) < 4.78 is 38.0. The number of hydrogen-bond donors (Lipinski definition) is 1. The molecule has 1 N–H and O–H groups in total. The van der Waals surface area contributed by atoms with Crippen LogP contribution in [0.2, 0.25) is 0 Å². The number of aliphatic carboxylic acids is 1. The molecule has 2 heterocycles. The predicted octanol–water partition coefficient (Wildman–Crippen LogP) is 8.48. The van der Waals surface area contributed by atoms with E-state index in [-0.39, 0.29) is 12.3 Å². The molecule has 1 aromatic heterocycles. The summed E-state index contributed by atoms with van der Waals surface area (Å²) in [4.78, 5) is 22.9. The van der Waals surface area contributed by atoms with Crippen LogP contribution in [0.3, 0.4) is 0 Å². The molecule has 268 valence electrons. The van der Waals surface area contributed by atoms with E-state index in [9.17, 15) is 18.7 Å². The molecule has 0 radical (unpaired) electrons. The SMILES string of the molecule is Cc1c(-c2ccc(CN(C)CCCN(C)C)cc2)cccc1-c1cccc(-c2nc3cc(CN4CCC[C@H]4C(=O)O)c(OC(F)F)cc3o2)c1C.